The van der Waals surface area contributed by atoms with E-state index in [0.717, 1.165) is 12.8 Å². The molecule has 14 heavy (non-hydrogen) atoms. The largest absolute Gasteiger partial charge is 0.390 e. The fourth-order valence-electron chi connectivity index (χ4n) is 3.55. The van der Waals surface area contributed by atoms with Crippen molar-refractivity contribution in [2.24, 2.45) is 16.7 Å². The van der Waals surface area contributed by atoms with Gasteiger partial charge in [-0.1, -0.05) is 41.5 Å². The third kappa shape index (κ3) is 2.50. The van der Waals surface area contributed by atoms with Crippen LogP contribution in [0.4, 0.5) is 0 Å². The molecule has 0 atom stereocenters. The highest BCUT2D eigenvalue weighted by molar-refractivity contribution is 4.99. The molecule has 0 spiro atoms. The van der Waals surface area contributed by atoms with Crippen LogP contribution in [-0.2, 0) is 0 Å². The summed E-state index contributed by atoms with van der Waals surface area (Å²) in [6.45, 7) is 13.4. The minimum atomic E-state index is -0.453. The van der Waals surface area contributed by atoms with E-state index in [0.29, 0.717) is 5.92 Å². The molecule has 0 aliphatic heterocycles. The summed E-state index contributed by atoms with van der Waals surface area (Å²) in [5, 5.41) is 10.6. The van der Waals surface area contributed by atoms with Crippen molar-refractivity contribution in [3.8, 4) is 0 Å². The van der Waals surface area contributed by atoms with Crippen molar-refractivity contribution in [2.75, 3.05) is 0 Å². The number of rotatable bonds is 1. The highest BCUT2D eigenvalue weighted by Gasteiger charge is 2.47. The maximum Gasteiger partial charge on any atom is 0.0680 e. The van der Waals surface area contributed by atoms with Crippen molar-refractivity contribution in [2.45, 2.75) is 66.4 Å². The highest BCUT2D eigenvalue weighted by atomic mass is 16.3. The predicted molar refractivity (Wildman–Crippen MR) is 61.2 cm³/mol. The molecule has 0 unspecified atom stereocenters. The molecular formula is C13H26O. The van der Waals surface area contributed by atoms with Crippen molar-refractivity contribution >= 4 is 0 Å². The summed E-state index contributed by atoms with van der Waals surface area (Å²) in [4.78, 5) is 0. The topological polar surface area (TPSA) is 20.2 Å². The number of hydrogen-bond donors (Lipinski definition) is 1. The van der Waals surface area contributed by atoms with E-state index in [4.69, 9.17) is 0 Å². The Morgan fingerprint density at radius 3 is 1.50 bits per heavy atom. The first kappa shape index (κ1) is 12.0. The SMILES string of the molecule is CC(C)C1(O)CC(C)(C)CC(C)(C)C1. The van der Waals surface area contributed by atoms with Crippen molar-refractivity contribution < 1.29 is 5.11 Å². The van der Waals surface area contributed by atoms with E-state index >= 15 is 0 Å². The molecule has 0 aromatic carbocycles. The molecule has 0 radical (unpaired) electrons. The molecule has 1 rings (SSSR count). The molecule has 84 valence electrons. The van der Waals surface area contributed by atoms with E-state index in [1.54, 1.807) is 0 Å². The minimum absolute atomic E-state index is 0.279. The van der Waals surface area contributed by atoms with Crippen LogP contribution in [0.1, 0.15) is 60.8 Å². The maximum absolute atomic E-state index is 10.6. The van der Waals surface area contributed by atoms with Crippen molar-refractivity contribution in [1.82, 2.24) is 0 Å². The first-order chi connectivity index (χ1) is 6.06. The van der Waals surface area contributed by atoms with Gasteiger partial charge in [0.1, 0.15) is 0 Å². The van der Waals surface area contributed by atoms with Gasteiger partial charge in [0.15, 0.2) is 0 Å². The highest BCUT2D eigenvalue weighted by Crippen LogP contribution is 2.52. The molecule has 0 amide bonds. The molecule has 1 heteroatoms. The first-order valence-electron chi connectivity index (χ1n) is 5.79. The number of aliphatic hydroxyl groups is 1. The Morgan fingerprint density at radius 2 is 1.21 bits per heavy atom. The summed E-state index contributed by atoms with van der Waals surface area (Å²) in [7, 11) is 0. The fourth-order valence-corrected chi connectivity index (χ4v) is 3.55. The van der Waals surface area contributed by atoms with Crippen LogP contribution in [-0.4, -0.2) is 10.7 Å². The van der Waals surface area contributed by atoms with Gasteiger partial charge in [0.25, 0.3) is 0 Å². The van der Waals surface area contributed by atoms with Crippen molar-refractivity contribution in [1.29, 1.82) is 0 Å². The Bertz CT molecular complexity index is 197. The molecule has 1 aliphatic carbocycles. The summed E-state index contributed by atoms with van der Waals surface area (Å²) >= 11 is 0. The van der Waals surface area contributed by atoms with Gasteiger partial charge in [0.05, 0.1) is 5.60 Å². The lowest BCUT2D eigenvalue weighted by Crippen LogP contribution is -2.49. The monoisotopic (exact) mass is 198 g/mol. The average molecular weight is 198 g/mol. The van der Waals surface area contributed by atoms with Gasteiger partial charge in [-0.25, -0.2) is 0 Å². The van der Waals surface area contributed by atoms with E-state index in [1.807, 2.05) is 0 Å². The number of hydrogen-bond acceptors (Lipinski definition) is 1. The Morgan fingerprint density at radius 1 is 0.857 bits per heavy atom. The fraction of sp³-hybridized carbons (Fsp3) is 1.00. The molecule has 0 heterocycles. The smallest absolute Gasteiger partial charge is 0.0680 e. The Balaban J connectivity index is 2.92. The van der Waals surface area contributed by atoms with Gasteiger partial charge >= 0.3 is 0 Å². The van der Waals surface area contributed by atoms with Gasteiger partial charge in [-0.2, -0.15) is 0 Å². The van der Waals surface area contributed by atoms with Crippen LogP contribution >= 0.6 is 0 Å². The zero-order valence-electron chi connectivity index (χ0n) is 10.6. The summed E-state index contributed by atoms with van der Waals surface area (Å²) in [6, 6.07) is 0. The Hall–Kier alpha value is -0.0400. The lowest BCUT2D eigenvalue weighted by Gasteiger charge is -2.51. The quantitative estimate of drug-likeness (QED) is 0.682. The molecule has 0 bridgehead atoms. The Labute approximate surface area is 88.9 Å². The molecule has 1 aliphatic rings. The average Bonchev–Trinajstić information content (AvgIpc) is 1.76. The molecule has 1 fully saturated rings. The summed E-state index contributed by atoms with van der Waals surface area (Å²) < 4.78 is 0. The van der Waals surface area contributed by atoms with E-state index < -0.39 is 5.60 Å². The van der Waals surface area contributed by atoms with Gasteiger partial charge in [0.2, 0.25) is 0 Å². The van der Waals surface area contributed by atoms with Crippen LogP contribution in [0, 0.1) is 16.7 Å². The second kappa shape index (κ2) is 3.23. The zero-order valence-corrected chi connectivity index (χ0v) is 10.6. The molecule has 1 saturated carbocycles. The van der Waals surface area contributed by atoms with Crippen LogP contribution in [0.5, 0.6) is 0 Å². The third-order valence-electron chi connectivity index (χ3n) is 3.60. The summed E-state index contributed by atoms with van der Waals surface area (Å²) in [6.07, 6.45) is 3.11. The molecule has 0 aromatic heterocycles. The van der Waals surface area contributed by atoms with E-state index in [1.165, 1.54) is 6.42 Å². The van der Waals surface area contributed by atoms with Crippen LogP contribution in [0.15, 0.2) is 0 Å². The van der Waals surface area contributed by atoms with Crippen LogP contribution in [0.25, 0.3) is 0 Å². The zero-order chi connectivity index (χ0) is 11.2. The first-order valence-corrected chi connectivity index (χ1v) is 5.79. The van der Waals surface area contributed by atoms with Crippen molar-refractivity contribution in [3.63, 3.8) is 0 Å². The van der Waals surface area contributed by atoms with E-state index in [2.05, 4.69) is 41.5 Å². The normalized spacial score (nSPS) is 29.1. The summed E-state index contributed by atoms with van der Waals surface area (Å²) in [5.41, 5.74) is 0.104. The predicted octanol–water partition coefficient (Wildman–Crippen LogP) is 3.61. The van der Waals surface area contributed by atoms with Gasteiger partial charge in [0, 0.05) is 0 Å². The van der Waals surface area contributed by atoms with Gasteiger partial charge in [-0.05, 0) is 36.0 Å². The van der Waals surface area contributed by atoms with Crippen LogP contribution in [0.2, 0.25) is 0 Å². The van der Waals surface area contributed by atoms with E-state index in [-0.39, 0.29) is 10.8 Å². The van der Waals surface area contributed by atoms with Gasteiger partial charge < -0.3 is 5.11 Å². The molecular weight excluding hydrogens is 172 g/mol. The van der Waals surface area contributed by atoms with Crippen molar-refractivity contribution in [3.05, 3.63) is 0 Å². The standard InChI is InChI=1S/C13H26O/c1-10(2)13(14)8-11(3,4)7-12(5,6)9-13/h10,14H,7-9H2,1-6H3. The third-order valence-corrected chi connectivity index (χ3v) is 3.60. The second-order valence-electron chi connectivity index (χ2n) is 7.12. The van der Waals surface area contributed by atoms with Gasteiger partial charge in [-0.3, -0.25) is 0 Å². The molecule has 0 saturated heterocycles. The Kier molecular flexibility index (Phi) is 2.78. The molecule has 0 aromatic rings. The lowest BCUT2D eigenvalue weighted by atomic mass is 9.57. The van der Waals surface area contributed by atoms with Crippen LogP contribution < -0.4 is 0 Å². The lowest BCUT2D eigenvalue weighted by molar-refractivity contribution is -0.113. The van der Waals surface area contributed by atoms with Gasteiger partial charge in [-0.15, -0.1) is 0 Å². The van der Waals surface area contributed by atoms with Crippen LogP contribution in [0.3, 0.4) is 0 Å². The molecule has 1 N–H and O–H groups in total. The summed E-state index contributed by atoms with van der Waals surface area (Å²) in [5.74, 6) is 0.362. The second-order valence-corrected chi connectivity index (χ2v) is 7.12. The minimum Gasteiger partial charge on any atom is -0.390 e. The van der Waals surface area contributed by atoms with E-state index in [9.17, 15) is 5.11 Å². The molecule has 1 nitrogen and oxygen atoms in total. The maximum atomic E-state index is 10.6.